The molecule has 0 unspecified atom stereocenters. The number of aliphatic hydroxyl groups is 1. The van der Waals surface area contributed by atoms with E-state index < -0.39 is 28.1 Å². The van der Waals surface area contributed by atoms with Crippen LogP contribution in [0.4, 0.5) is 0 Å². The maximum atomic E-state index is 13.7. The van der Waals surface area contributed by atoms with E-state index in [0.29, 0.717) is 11.5 Å². The standard InChI is InChI=1S/C29H40N4O7S.C3H8/c1-21(2)17-33(41(37,38)23-10-11-26-27(15-23)40-20-39-26)18-25(34)24(14-22-8-4-3-5-9-22)31-28(35)16-30-29(36)19-32-12-6-7-13-32;1-3-2/h3-5,8-11,15,21,24-25,34H,6-7,12-14,16-20H2,1-2H3,(H,30,36)(H,31,35);3H2,1-2H3/t24-,25+;/m0./s1. The molecule has 2 aromatic rings. The highest BCUT2D eigenvalue weighted by Gasteiger charge is 2.32. The van der Waals surface area contributed by atoms with E-state index in [1.54, 1.807) is 6.07 Å². The highest BCUT2D eigenvalue weighted by atomic mass is 32.2. The van der Waals surface area contributed by atoms with Crippen molar-refractivity contribution in [3.05, 3.63) is 54.1 Å². The minimum absolute atomic E-state index is 0.0207. The first-order chi connectivity index (χ1) is 21.0. The van der Waals surface area contributed by atoms with Crippen LogP contribution in [0.1, 0.15) is 52.5 Å². The lowest BCUT2D eigenvalue weighted by molar-refractivity contribution is -0.127. The number of benzene rings is 2. The third-order valence-electron chi connectivity index (χ3n) is 7.06. The van der Waals surface area contributed by atoms with Crippen molar-refractivity contribution in [2.45, 2.75) is 70.4 Å². The molecule has 244 valence electrons. The Morgan fingerprint density at radius 1 is 0.977 bits per heavy atom. The van der Waals surface area contributed by atoms with Gasteiger partial charge < -0.3 is 25.2 Å². The number of amides is 2. The van der Waals surface area contributed by atoms with Gasteiger partial charge >= 0.3 is 0 Å². The molecule has 2 heterocycles. The van der Waals surface area contributed by atoms with E-state index in [0.717, 1.165) is 31.5 Å². The highest BCUT2D eigenvalue weighted by Crippen LogP contribution is 2.34. The Morgan fingerprint density at radius 2 is 1.64 bits per heavy atom. The summed E-state index contributed by atoms with van der Waals surface area (Å²) >= 11 is 0. The summed E-state index contributed by atoms with van der Waals surface area (Å²) in [5.74, 6) is 0.0857. The second-order valence-electron chi connectivity index (χ2n) is 11.6. The lowest BCUT2D eigenvalue weighted by atomic mass is 10.0. The van der Waals surface area contributed by atoms with Crippen molar-refractivity contribution in [1.29, 1.82) is 0 Å². The van der Waals surface area contributed by atoms with Crippen LogP contribution in [0.25, 0.3) is 0 Å². The van der Waals surface area contributed by atoms with E-state index in [2.05, 4.69) is 24.5 Å². The number of carbonyl (C=O) groups is 2. The Balaban J connectivity index is 0.00000169. The van der Waals surface area contributed by atoms with Gasteiger partial charge in [0.1, 0.15) is 0 Å². The largest absolute Gasteiger partial charge is 0.454 e. The molecule has 11 nitrogen and oxygen atoms in total. The topological polar surface area (TPSA) is 138 Å². The normalized spacial score (nSPS) is 15.9. The van der Waals surface area contributed by atoms with Gasteiger partial charge in [-0.05, 0) is 56.0 Å². The molecule has 2 amide bonds. The summed E-state index contributed by atoms with van der Waals surface area (Å²) in [4.78, 5) is 27.2. The Bertz CT molecular complexity index is 1300. The minimum atomic E-state index is -4.02. The van der Waals surface area contributed by atoms with Gasteiger partial charge in [0.2, 0.25) is 28.6 Å². The molecule has 0 aromatic heterocycles. The molecule has 2 aromatic carbocycles. The summed E-state index contributed by atoms with van der Waals surface area (Å²) in [7, 11) is -4.02. The number of rotatable bonds is 14. The number of likely N-dealkylation sites (tertiary alicyclic amines) is 1. The van der Waals surface area contributed by atoms with Crippen LogP contribution in [-0.4, -0.2) is 92.8 Å². The molecule has 2 aliphatic heterocycles. The molecule has 4 rings (SSSR count). The Hall–Kier alpha value is -3.19. The summed E-state index contributed by atoms with van der Waals surface area (Å²) in [6, 6.07) is 13.0. The number of carbonyl (C=O) groups excluding carboxylic acids is 2. The van der Waals surface area contributed by atoms with Gasteiger partial charge in [-0.2, -0.15) is 4.31 Å². The van der Waals surface area contributed by atoms with Gasteiger partial charge in [0, 0.05) is 19.2 Å². The first kappa shape index (κ1) is 35.3. The lowest BCUT2D eigenvalue weighted by Gasteiger charge is -2.31. The number of hydrogen-bond acceptors (Lipinski definition) is 8. The van der Waals surface area contributed by atoms with E-state index >= 15 is 0 Å². The molecule has 0 bridgehead atoms. The molecule has 3 N–H and O–H groups in total. The molecular formula is C32H48N4O7S. The molecule has 2 aliphatic rings. The molecule has 2 atom stereocenters. The molecule has 1 fully saturated rings. The summed E-state index contributed by atoms with van der Waals surface area (Å²) in [6.45, 7) is 9.71. The maximum Gasteiger partial charge on any atom is 0.243 e. The zero-order chi connectivity index (χ0) is 32.1. The van der Waals surface area contributed by atoms with Gasteiger partial charge in [0.05, 0.1) is 30.1 Å². The van der Waals surface area contributed by atoms with Crippen molar-refractivity contribution in [3.63, 3.8) is 0 Å². The quantitative estimate of drug-likeness (QED) is 0.289. The van der Waals surface area contributed by atoms with Crippen LogP contribution in [0, 0.1) is 5.92 Å². The van der Waals surface area contributed by atoms with Crippen LogP contribution < -0.4 is 20.1 Å². The van der Waals surface area contributed by atoms with E-state index in [4.69, 9.17) is 9.47 Å². The van der Waals surface area contributed by atoms with Crippen molar-refractivity contribution in [1.82, 2.24) is 19.8 Å². The fraction of sp³-hybridized carbons (Fsp3) is 0.562. The number of nitrogens with one attached hydrogen (secondary N) is 2. The number of aliphatic hydroxyl groups excluding tert-OH is 1. The summed E-state index contributed by atoms with van der Waals surface area (Å²) in [6.07, 6.45) is 2.41. The SMILES string of the molecule is CC(C)CN(C[C@@H](O)[C@H](Cc1ccccc1)NC(=O)CNC(=O)CN1CCCC1)S(=O)(=O)c1ccc2c(c1)OCO2.CCC. The number of fused-ring (bicyclic) bond motifs is 1. The molecule has 44 heavy (non-hydrogen) atoms. The monoisotopic (exact) mass is 632 g/mol. The van der Waals surface area contributed by atoms with Gasteiger partial charge in [-0.3, -0.25) is 14.5 Å². The first-order valence-electron chi connectivity index (χ1n) is 15.4. The predicted molar refractivity (Wildman–Crippen MR) is 169 cm³/mol. The van der Waals surface area contributed by atoms with Crippen molar-refractivity contribution in [2.24, 2.45) is 5.92 Å². The average molecular weight is 633 g/mol. The predicted octanol–water partition coefficient (Wildman–Crippen LogP) is 2.78. The van der Waals surface area contributed by atoms with Crippen LogP contribution in [0.2, 0.25) is 0 Å². The third-order valence-corrected chi connectivity index (χ3v) is 8.89. The zero-order valence-electron chi connectivity index (χ0n) is 26.3. The zero-order valence-corrected chi connectivity index (χ0v) is 27.1. The summed E-state index contributed by atoms with van der Waals surface area (Å²) < 4.78 is 39.3. The van der Waals surface area contributed by atoms with Crippen LogP contribution in [-0.2, 0) is 26.0 Å². The number of nitrogens with zero attached hydrogens (tertiary/aromatic N) is 2. The van der Waals surface area contributed by atoms with Gasteiger partial charge in [-0.1, -0.05) is 64.4 Å². The van der Waals surface area contributed by atoms with Gasteiger partial charge in [-0.25, -0.2) is 8.42 Å². The van der Waals surface area contributed by atoms with Crippen molar-refractivity contribution in [2.75, 3.05) is 46.1 Å². The smallest absolute Gasteiger partial charge is 0.243 e. The van der Waals surface area contributed by atoms with E-state index in [-0.39, 0.29) is 56.1 Å². The summed E-state index contributed by atoms with van der Waals surface area (Å²) in [5.41, 5.74) is 0.865. The van der Waals surface area contributed by atoms with Crippen LogP contribution >= 0.6 is 0 Å². The molecule has 0 spiro atoms. The highest BCUT2D eigenvalue weighted by molar-refractivity contribution is 7.89. The molecule has 0 aliphatic carbocycles. The van der Waals surface area contributed by atoms with Crippen LogP contribution in [0.15, 0.2) is 53.4 Å². The Morgan fingerprint density at radius 3 is 2.30 bits per heavy atom. The number of hydrogen-bond donors (Lipinski definition) is 3. The lowest BCUT2D eigenvalue weighted by Crippen LogP contribution is -2.53. The average Bonchev–Trinajstić information content (AvgIpc) is 3.68. The molecular weight excluding hydrogens is 584 g/mol. The van der Waals surface area contributed by atoms with Crippen molar-refractivity contribution in [3.8, 4) is 11.5 Å². The summed E-state index contributed by atoms with van der Waals surface area (Å²) in [5, 5.41) is 16.8. The third kappa shape index (κ3) is 10.8. The first-order valence-corrected chi connectivity index (χ1v) is 16.9. The molecule has 1 saturated heterocycles. The Kier molecular flexibility index (Phi) is 13.9. The fourth-order valence-corrected chi connectivity index (χ4v) is 6.63. The maximum absolute atomic E-state index is 13.7. The minimum Gasteiger partial charge on any atom is -0.454 e. The number of ether oxygens (including phenoxy) is 2. The van der Waals surface area contributed by atoms with Gasteiger partial charge in [0.15, 0.2) is 11.5 Å². The van der Waals surface area contributed by atoms with E-state index in [1.165, 1.54) is 22.9 Å². The fourth-order valence-electron chi connectivity index (χ4n) is 4.99. The van der Waals surface area contributed by atoms with E-state index in [1.807, 2.05) is 49.1 Å². The van der Waals surface area contributed by atoms with Crippen LogP contribution in [0.5, 0.6) is 11.5 Å². The number of sulfonamides is 1. The second-order valence-corrected chi connectivity index (χ2v) is 13.6. The van der Waals surface area contributed by atoms with Gasteiger partial charge in [-0.15, -0.1) is 0 Å². The van der Waals surface area contributed by atoms with Gasteiger partial charge in [0.25, 0.3) is 0 Å². The molecule has 0 radical (unpaired) electrons. The Labute approximate surface area is 262 Å². The molecule has 12 heteroatoms. The van der Waals surface area contributed by atoms with Crippen molar-refractivity contribution < 1.29 is 32.6 Å². The second kappa shape index (κ2) is 17.3. The molecule has 0 saturated carbocycles. The van der Waals surface area contributed by atoms with E-state index in [9.17, 15) is 23.1 Å². The van der Waals surface area contributed by atoms with Crippen LogP contribution in [0.3, 0.4) is 0 Å². The van der Waals surface area contributed by atoms with Crippen molar-refractivity contribution >= 4 is 21.8 Å².